The second-order valence-electron chi connectivity index (χ2n) is 10.2. The Morgan fingerprint density at radius 1 is 0.970 bits per heavy atom. The van der Waals surface area contributed by atoms with Gasteiger partial charge in [0.2, 0.25) is 10.0 Å². The smallest absolute Gasteiger partial charge is 0.241 e. The first-order valence-electron chi connectivity index (χ1n) is 11.1. The van der Waals surface area contributed by atoms with Gasteiger partial charge >= 0.3 is 0 Å². The van der Waals surface area contributed by atoms with Crippen LogP contribution in [-0.4, -0.2) is 20.9 Å². The molecule has 0 saturated heterocycles. The van der Waals surface area contributed by atoms with Gasteiger partial charge in [-0.15, -0.1) is 11.3 Å². The summed E-state index contributed by atoms with van der Waals surface area (Å²) in [6.45, 7) is 13.6. The van der Waals surface area contributed by atoms with Crippen LogP contribution in [-0.2, 0) is 10.0 Å². The molecule has 0 aliphatic heterocycles. The number of benzene rings is 2. The van der Waals surface area contributed by atoms with E-state index in [0.717, 1.165) is 26.9 Å². The van der Waals surface area contributed by atoms with Crippen molar-refractivity contribution >= 4 is 40.5 Å². The minimum absolute atomic E-state index is 0.131. The first-order chi connectivity index (χ1) is 15.4. The molecular formula is C26H32N2O2S2Si. The molecule has 0 bridgehead atoms. The molecule has 2 aromatic carbocycles. The molecule has 4 nitrogen and oxygen atoms in total. The van der Waals surface area contributed by atoms with Crippen LogP contribution in [0.2, 0.25) is 18.1 Å². The Balaban J connectivity index is 1.90. The molecule has 1 unspecified atom stereocenters. The van der Waals surface area contributed by atoms with Crippen molar-refractivity contribution < 1.29 is 8.42 Å². The SMILES string of the molecule is Cc1ccc(S(=O)(=O)NC(c2cccs2)c2cn([Si](C)(C)C(C)(C)C)c3ccccc23)cc1. The van der Waals surface area contributed by atoms with E-state index in [2.05, 4.69) is 67.2 Å². The van der Waals surface area contributed by atoms with Crippen LogP contribution >= 0.6 is 11.3 Å². The molecule has 4 aromatic rings. The number of nitrogens with zero attached hydrogens (tertiary/aromatic N) is 1. The molecule has 2 heterocycles. The van der Waals surface area contributed by atoms with Crippen molar-refractivity contribution in [2.45, 2.75) is 56.8 Å². The lowest BCUT2D eigenvalue weighted by atomic mass is 10.1. The number of thiophene rings is 1. The number of hydrogen-bond donors (Lipinski definition) is 1. The summed E-state index contributed by atoms with van der Waals surface area (Å²) in [7, 11) is -5.66. The molecule has 0 spiro atoms. The molecule has 0 radical (unpaired) electrons. The van der Waals surface area contributed by atoms with Crippen LogP contribution in [0.1, 0.15) is 42.8 Å². The van der Waals surface area contributed by atoms with Gasteiger partial charge in [0, 0.05) is 27.5 Å². The Hall–Kier alpha value is -2.19. The summed E-state index contributed by atoms with van der Waals surface area (Å²) in [6.07, 6.45) is 2.20. The minimum Gasteiger partial charge on any atom is -0.374 e. The lowest BCUT2D eigenvalue weighted by Gasteiger charge is -2.38. The minimum atomic E-state index is -3.71. The third-order valence-electron chi connectivity index (χ3n) is 6.92. The lowest BCUT2D eigenvalue weighted by molar-refractivity contribution is 0.573. The van der Waals surface area contributed by atoms with Crippen molar-refractivity contribution in [3.63, 3.8) is 0 Å². The third-order valence-corrected chi connectivity index (χ3v) is 14.5. The van der Waals surface area contributed by atoms with Crippen molar-refractivity contribution in [1.82, 2.24) is 8.95 Å². The first-order valence-corrected chi connectivity index (χ1v) is 16.5. The number of hydrogen-bond acceptors (Lipinski definition) is 3. The average Bonchev–Trinajstić information content (AvgIpc) is 3.40. The number of aromatic nitrogens is 1. The maximum Gasteiger partial charge on any atom is 0.241 e. The predicted molar refractivity (Wildman–Crippen MR) is 142 cm³/mol. The van der Waals surface area contributed by atoms with E-state index in [1.807, 2.05) is 42.6 Å². The topological polar surface area (TPSA) is 51.1 Å². The highest BCUT2D eigenvalue weighted by Crippen LogP contribution is 2.42. The molecule has 0 aliphatic carbocycles. The number of nitrogens with one attached hydrogen (secondary N) is 1. The van der Waals surface area contributed by atoms with E-state index in [4.69, 9.17) is 0 Å². The zero-order valence-corrected chi connectivity index (χ0v) is 22.7. The van der Waals surface area contributed by atoms with Crippen molar-refractivity contribution in [3.05, 3.63) is 88.2 Å². The van der Waals surface area contributed by atoms with Crippen LogP contribution in [0.3, 0.4) is 0 Å². The van der Waals surface area contributed by atoms with E-state index < -0.39 is 24.3 Å². The molecule has 0 amide bonds. The summed E-state index contributed by atoms with van der Waals surface area (Å²) >= 11 is 1.57. The van der Waals surface area contributed by atoms with E-state index >= 15 is 0 Å². The Morgan fingerprint density at radius 3 is 2.24 bits per heavy atom. The van der Waals surface area contributed by atoms with Gasteiger partial charge in [0.15, 0.2) is 8.24 Å². The van der Waals surface area contributed by atoms with Gasteiger partial charge in [-0.2, -0.15) is 4.72 Å². The Morgan fingerprint density at radius 2 is 1.64 bits per heavy atom. The first kappa shape index (κ1) is 23.9. The Bertz CT molecular complexity index is 1360. The fraction of sp³-hybridized carbons (Fsp3) is 0.308. The summed E-state index contributed by atoms with van der Waals surface area (Å²) in [5.74, 6) is 0. The van der Waals surface area contributed by atoms with E-state index in [1.54, 1.807) is 23.5 Å². The van der Waals surface area contributed by atoms with Gasteiger partial charge in [0.25, 0.3) is 0 Å². The molecule has 1 atom stereocenters. The van der Waals surface area contributed by atoms with Crippen molar-refractivity contribution in [1.29, 1.82) is 0 Å². The highest BCUT2D eigenvalue weighted by molar-refractivity contribution is 7.89. The third kappa shape index (κ3) is 4.47. The highest BCUT2D eigenvalue weighted by atomic mass is 32.2. The molecule has 2 aromatic heterocycles. The van der Waals surface area contributed by atoms with Crippen LogP contribution in [0.5, 0.6) is 0 Å². The Labute approximate surface area is 202 Å². The second-order valence-corrected chi connectivity index (χ2v) is 18.0. The highest BCUT2D eigenvalue weighted by Gasteiger charge is 2.39. The summed E-state index contributed by atoms with van der Waals surface area (Å²) in [4.78, 5) is 1.26. The molecule has 1 N–H and O–H groups in total. The van der Waals surface area contributed by atoms with Crippen molar-refractivity contribution in [3.8, 4) is 0 Å². The fourth-order valence-corrected chi connectivity index (χ4v) is 7.98. The van der Waals surface area contributed by atoms with Crippen LogP contribution in [0, 0.1) is 6.92 Å². The van der Waals surface area contributed by atoms with Gasteiger partial charge in [-0.05, 0) is 41.6 Å². The predicted octanol–water partition coefficient (Wildman–Crippen LogP) is 6.93. The monoisotopic (exact) mass is 496 g/mol. The van der Waals surface area contributed by atoms with Gasteiger partial charge < -0.3 is 4.23 Å². The van der Waals surface area contributed by atoms with E-state index in [9.17, 15) is 8.42 Å². The molecule has 0 aliphatic rings. The van der Waals surface area contributed by atoms with E-state index in [1.165, 1.54) is 0 Å². The summed E-state index contributed by atoms with van der Waals surface area (Å²) in [6, 6.07) is 18.9. The van der Waals surface area contributed by atoms with Crippen molar-refractivity contribution in [2.24, 2.45) is 0 Å². The maximum atomic E-state index is 13.4. The summed E-state index contributed by atoms with van der Waals surface area (Å²) < 4.78 is 32.3. The van der Waals surface area contributed by atoms with Crippen LogP contribution in [0.4, 0.5) is 0 Å². The van der Waals surface area contributed by atoms with Gasteiger partial charge in [0.1, 0.15) is 0 Å². The molecule has 174 valence electrons. The largest absolute Gasteiger partial charge is 0.374 e. The van der Waals surface area contributed by atoms with Gasteiger partial charge in [0.05, 0.1) is 10.9 Å². The van der Waals surface area contributed by atoms with Crippen LogP contribution < -0.4 is 4.72 Å². The molecule has 0 saturated carbocycles. The number of para-hydroxylation sites is 1. The summed E-state index contributed by atoms with van der Waals surface area (Å²) in [5.41, 5.74) is 3.19. The maximum absolute atomic E-state index is 13.4. The molecule has 7 heteroatoms. The quantitative estimate of drug-likeness (QED) is 0.294. The number of fused-ring (bicyclic) bond motifs is 1. The van der Waals surface area contributed by atoms with E-state index in [-0.39, 0.29) is 9.93 Å². The average molecular weight is 497 g/mol. The standard InChI is InChI=1S/C26H32N2O2S2Si/c1-19-13-15-20(16-14-19)32(29,30)27-25(24-12-9-17-31-24)22-18-28(33(5,6)26(2,3)4)23-11-8-7-10-21(22)23/h7-18,25,27H,1-6H3. The zero-order valence-electron chi connectivity index (χ0n) is 20.1. The molecule has 0 fully saturated rings. The number of rotatable bonds is 6. The molecule has 33 heavy (non-hydrogen) atoms. The molecule has 4 rings (SSSR count). The molecular weight excluding hydrogens is 465 g/mol. The van der Waals surface area contributed by atoms with Crippen molar-refractivity contribution in [2.75, 3.05) is 0 Å². The van der Waals surface area contributed by atoms with E-state index in [0.29, 0.717) is 0 Å². The summed E-state index contributed by atoms with van der Waals surface area (Å²) in [5, 5.41) is 3.22. The second kappa shape index (κ2) is 8.54. The number of sulfonamides is 1. The van der Waals surface area contributed by atoms with Gasteiger partial charge in [-0.1, -0.05) is 75.8 Å². The zero-order chi connectivity index (χ0) is 24.0. The fourth-order valence-electron chi connectivity index (χ4n) is 3.93. The van der Waals surface area contributed by atoms with Gasteiger partial charge in [-0.3, -0.25) is 0 Å². The lowest BCUT2D eigenvalue weighted by Crippen LogP contribution is -2.45. The number of aryl methyl sites for hydroxylation is 1. The van der Waals surface area contributed by atoms with Crippen LogP contribution in [0.25, 0.3) is 10.9 Å². The normalized spacial score (nSPS) is 14.0. The van der Waals surface area contributed by atoms with Gasteiger partial charge in [-0.25, -0.2) is 8.42 Å². The Kier molecular flexibility index (Phi) is 6.20. The van der Waals surface area contributed by atoms with Crippen LogP contribution in [0.15, 0.2) is 77.1 Å².